The zero-order valence-corrected chi connectivity index (χ0v) is 15.2. The second-order valence-corrected chi connectivity index (χ2v) is 6.01. The summed E-state index contributed by atoms with van der Waals surface area (Å²) in [5.74, 6) is -0.145. The number of esters is 1. The van der Waals surface area contributed by atoms with Crippen LogP contribution in [0, 0.1) is 0 Å². The Morgan fingerprint density at radius 3 is 2.67 bits per heavy atom. The van der Waals surface area contributed by atoms with Crippen LogP contribution in [-0.4, -0.2) is 25.3 Å². The van der Waals surface area contributed by atoms with Gasteiger partial charge in [-0.3, -0.25) is 4.79 Å². The van der Waals surface area contributed by atoms with E-state index < -0.39 is 0 Å². The van der Waals surface area contributed by atoms with E-state index in [2.05, 4.69) is 42.0 Å². The molecule has 1 fully saturated rings. The first-order valence-electron chi connectivity index (χ1n) is 9.15. The third-order valence-electron chi connectivity index (χ3n) is 3.90. The topological polar surface area (TPSA) is 38.8 Å². The van der Waals surface area contributed by atoms with Crippen LogP contribution in [0.15, 0.2) is 48.6 Å². The molecule has 0 aliphatic carbocycles. The van der Waals surface area contributed by atoms with Crippen LogP contribution in [0.25, 0.3) is 0 Å². The van der Waals surface area contributed by atoms with E-state index in [0.717, 1.165) is 19.3 Å². The van der Waals surface area contributed by atoms with Gasteiger partial charge in [0.05, 0.1) is 13.2 Å². The average molecular weight is 332 g/mol. The Labute approximate surface area is 147 Å². The fourth-order valence-corrected chi connectivity index (χ4v) is 2.37. The van der Waals surface area contributed by atoms with Crippen LogP contribution in [0.3, 0.4) is 0 Å². The minimum absolute atomic E-state index is 0.145. The van der Waals surface area contributed by atoms with E-state index in [0.29, 0.717) is 6.42 Å². The van der Waals surface area contributed by atoms with Crippen molar-refractivity contribution in [1.82, 2.24) is 0 Å². The van der Waals surface area contributed by atoms with Crippen molar-refractivity contribution in [3.63, 3.8) is 0 Å². The highest BCUT2D eigenvalue weighted by Crippen LogP contribution is 2.28. The molecule has 1 saturated heterocycles. The van der Waals surface area contributed by atoms with E-state index in [-0.39, 0.29) is 18.2 Å². The van der Waals surface area contributed by atoms with Gasteiger partial charge >= 0.3 is 5.97 Å². The monoisotopic (exact) mass is 332 g/mol. The van der Waals surface area contributed by atoms with Crippen LogP contribution >= 0.6 is 0 Å². The molecule has 134 valence electrons. The molecule has 2 atom stereocenters. The maximum atomic E-state index is 11.0. The molecule has 3 nitrogen and oxygen atoms in total. The highest BCUT2D eigenvalue weighted by atomic mass is 16.6. The molecule has 0 unspecified atom stereocenters. The van der Waals surface area contributed by atoms with Crippen molar-refractivity contribution < 1.29 is 14.3 Å². The van der Waals surface area contributed by atoms with Gasteiger partial charge in [-0.15, -0.1) is 0 Å². The standard InChI is InChI=1S/C21H32O3/c1-3-4-5-6-7-8-9-10-11-12-13-14-16-19-20(24-19)17-15-18-21(22)23-2/h7-8,10-14,16,19-20H,3-6,9,15,17-18H2,1-2H3/b8-7+,11-10+,13-12+,16-14+/t19-,20-/m0/s1. The molecule has 1 rings (SSSR count). The van der Waals surface area contributed by atoms with Crippen LogP contribution in [0.5, 0.6) is 0 Å². The first-order valence-corrected chi connectivity index (χ1v) is 9.15. The molecule has 0 aromatic rings. The van der Waals surface area contributed by atoms with Crippen LogP contribution in [0.4, 0.5) is 0 Å². The summed E-state index contributed by atoms with van der Waals surface area (Å²) in [5.41, 5.74) is 0. The molecule has 0 spiro atoms. The lowest BCUT2D eigenvalue weighted by atomic mass is 10.1. The number of rotatable bonds is 13. The highest BCUT2D eigenvalue weighted by Gasteiger charge is 2.35. The summed E-state index contributed by atoms with van der Waals surface area (Å²) in [6.45, 7) is 2.23. The summed E-state index contributed by atoms with van der Waals surface area (Å²) in [7, 11) is 1.42. The smallest absolute Gasteiger partial charge is 0.305 e. The number of carbonyl (C=O) groups excluding carboxylic acids is 1. The van der Waals surface area contributed by atoms with Crippen molar-refractivity contribution in [1.29, 1.82) is 0 Å². The van der Waals surface area contributed by atoms with Gasteiger partial charge in [-0.05, 0) is 32.1 Å². The number of hydrogen-bond donors (Lipinski definition) is 0. The molecule has 24 heavy (non-hydrogen) atoms. The van der Waals surface area contributed by atoms with Crippen molar-refractivity contribution in [2.45, 2.75) is 70.5 Å². The van der Waals surface area contributed by atoms with Gasteiger partial charge in [0, 0.05) is 6.42 Å². The quantitative estimate of drug-likeness (QED) is 0.151. The molecule has 0 amide bonds. The molecule has 0 N–H and O–H groups in total. The van der Waals surface area contributed by atoms with Crippen molar-refractivity contribution in [2.24, 2.45) is 0 Å². The third-order valence-corrected chi connectivity index (χ3v) is 3.90. The van der Waals surface area contributed by atoms with E-state index >= 15 is 0 Å². The summed E-state index contributed by atoms with van der Waals surface area (Å²) in [6, 6.07) is 0. The van der Waals surface area contributed by atoms with Gasteiger partial charge in [-0.1, -0.05) is 68.4 Å². The van der Waals surface area contributed by atoms with Crippen LogP contribution < -0.4 is 0 Å². The van der Waals surface area contributed by atoms with Crippen LogP contribution in [0.2, 0.25) is 0 Å². The van der Waals surface area contributed by atoms with Crippen LogP contribution in [-0.2, 0) is 14.3 Å². The number of epoxide rings is 1. The molecule has 1 aliphatic heterocycles. The number of methoxy groups -OCH3 is 1. The first-order chi connectivity index (χ1) is 11.8. The number of ether oxygens (including phenoxy) is 2. The predicted octanol–water partition coefficient (Wildman–Crippen LogP) is 5.29. The van der Waals surface area contributed by atoms with E-state index in [1.165, 1.54) is 32.8 Å². The summed E-state index contributed by atoms with van der Waals surface area (Å²) >= 11 is 0. The summed E-state index contributed by atoms with van der Waals surface area (Å²) < 4.78 is 10.1. The van der Waals surface area contributed by atoms with Gasteiger partial charge in [-0.2, -0.15) is 0 Å². The van der Waals surface area contributed by atoms with Gasteiger partial charge in [0.15, 0.2) is 0 Å². The molecule has 0 aromatic carbocycles. The maximum Gasteiger partial charge on any atom is 0.305 e. The average Bonchev–Trinajstić information content (AvgIpc) is 3.34. The Hall–Kier alpha value is -1.61. The maximum absolute atomic E-state index is 11.0. The molecular weight excluding hydrogens is 300 g/mol. The lowest BCUT2D eigenvalue weighted by Crippen LogP contribution is -2.01. The molecule has 0 aromatic heterocycles. The molecule has 0 radical (unpaired) electrons. The van der Waals surface area contributed by atoms with Crippen molar-refractivity contribution in [3.8, 4) is 0 Å². The zero-order chi connectivity index (χ0) is 17.5. The number of allylic oxidation sites excluding steroid dienone is 7. The highest BCUT2D eigenvalue weighted by molar-refractivity contribution is 5.68. The second kappa shape index (κ2) is 13.8. The van der Waals surface area contributed by atoms with E-state index in [1.54, 1.807) is 0 Å². The molecular formula is C21H32O3. The minimum atomic E-state index is -0.145. The Bertz CT molecular complexity index is 446. The number of carbonyl (C=O) groups is 1. The Morgan fingerprint density at radius 1 is 1.04 bits per heavy atom. The van der Waals surface area contributed by atoms with Crippen LogP contribution in [0.1, 0.15) is 58.3 Å². The van der Waals surface area contributed by atoms with Gasteiger partial charge in [-0.25, -0.2) is 0 Å². The predicted molar refractivity (Wildman–Crippen MR) is 99.8 cm³/mol. The third kappa shape index (κ3) is 11.0. The SMILES string of the molecule is CCCCC/C=C/C/C=C/C=C/C=C/[C@@H]1O[C@H]1CCCC(=O)OC. The second-order valence-electron chi connectivity index (χ2n) is 6.01. The van der Waals surface area contributed by atoms with Gasteiger partial charge < -0.3 is 9.47 Å². The Morgan fingerprint density at radius 2 is 1.88 bits per heavy atom. The Kier molecular flexibility index (Phi) is 11.7. The van der Waals surface area contributed by atoms with Crippen molar-refractivity contribution >= 4 is 5.97 Å². The summed E-state index contributed by atoms with van der Waals surface area (Å²) in [6.07, 6.45) is 25.7. The molecule has 3 heteroatoms. The fourth-order valence-electron chi connectivity index (χ4n) is 2.37. The lowest BCUT2D eigenvalue weighted by molar-refractivity contribution is -0.140. The Balaban J connectivity index is 2.00. The summed E-state index contributed by atoms with van der Waals surface area (Å²) in [5, 5.41) is 0. The molecule has 1 heterocycles. The minimum Gasteiger partial charge on any atom is -0.469 e. The number of hydrogen-bond acceptors (Lipinski definition) is 3. The van der Waals surface area contributed by atoms with Gasteiger partial charge in [0.1, 0.15) is 6.10 Å². The molecule has 0 bridgehead atoms. The lowest BCUT2D eigenvalue weighted by Gasteiger charge is -1.96. The van der Waals surface area contributed by atoms with Crippen molar-refractivity contribution in [2.75, 3.05) is 7.11 Å². The largest absolute Gasteiger partial charge is 0.469 e. The fraction of sp³-hybridized carbons (Fsp3) is 0.571. The molecule has 0 saturated carbocycles. The normalized spacial score (nSPS) is 20.8. The zero-order valence-electron chi connectivity index (χ0n) is 15.2. The van der Waals surface area contributed by atoms with E-state index in [1.807, 2.05) is 18.2 Å². The van der Waals surface area contributed by atoms with E-state index in [9.17, 15) is 4.79 Å². The van der Waals surface area contributed by atoms with Gasteiger partial charge in [0.25, 0.3) is 0 Å². The summed E-state index contributed by atoms with van der Waals surface area (Å²) in [4.78, 5) is 11.0. The van der Waals surface area contributed by atoms with E-state index in [4.69, 9.17) is 4.74 Å². The first kappa shape index (κ1) is 20.4. The molecule has 1 aliphatic rings. The van der Waals surface area contributed by atoms with Crippen molar-refractivity contribution in [3.05, 3.63) is 48.6 Å². The number of unbranched alkanes of at least 4 members (excludes halogenated alkanes) is 3. The van der Waals surface area contributed by atoms with Gasteiger partial charge in [0.2, 0.25) is 0 Å².